The molecule has 1 N–H and O–H groups in total. The predicted octanol–water partition coefficient (Wildman–Crippen LogP) is 5.72. The smallest absolute Gasteiger partial charge is 0.418 e. The van der Waals surface area contributed by atoms with Crippen LogP contribution in [0.5, 0.6) is 0 Å². The molecule has 2 aliphatic carbocycles. The van der Waals surface area contributed by atoms with Crippen molar-refractivity contribution < 1.29 is 32.2 Å². The third-order valence-electron chi connectivity index (χ3n) is 6.21. The highest BCUT2D eigenvalue weighted by Gasteiger charge is 2.42. The van der Waals surface area contributed by atoms with E-state index in [9.17, 15) is 22.8 Å². The molecule has 1 atom stereocenters. The first-order chi connectivity index (χ1) is 15.3. The maximum Gasteiger partial charge on any atom is 0.418 e. The summed E-state index contributed by atoms with van der Waals surface area (Å²) in [7, 11) is 1.18. The van der Waals surface area contributed by atoms with E-state index in [0.717, 1.165) is 25.0 Å². The number of alkyl halides is 3. The standard InChI is InChI=1S/C24H33F3N2O4/c1-14(28-20-12-16(21(30)32-5)8-9-19(20)24(25,26)27)17-10-18(11-17)29(13-15-6-7-15)22(31)33-23(2,3)4/h8-9,12,14-15,17-18,28H,6-7,10-11,13H2,1-5H3/t14-,17?,18?/m0/s1. The van der Waals surface area contributed by atoms with E-state index in [0.29, 0.717) is 25.3 Å². The molecule has 1 amide bonds. The van der Waals surface area contributed by atoms with Crippen LogP contribution in [0.15, 0.2) is 18.2 Å². The predicted molar refractivity (Wildman–Crippen MR) is 118 cm³/mol. The molecular weight excluding hydrogens is 437 g/mol. The van der Waals surface area contributed by atoms with Crippen molar-refractivity contribution in [3.63, 3.8) is 0 Å². The Hall–Kier alpha value is -2.45. The molecular formula is C24H33F3N2O4. The van der Waals surface area contributed by atoms with E-state index in [4.69, 9.17) is 4.74 Å². The number of benzene rings is 1. The van der Waals surface area contributed by atoms with Crippen molar-refractivity contribution in [2.75, 3.05) is 19.0 Å². The quantitative estimate of drug-likeness (QED) is 0.517. The first kappa shape index (κ1) is 25.2. The molecule has 0 radical (unpaired) electrons. The number of hydrogen-bond acceptors (Lipinski definition) is 5. The highest BCUT2D eigenvalue weighted by Crippen LogP contribution is 2.41. The Morgan fingerprint density at radius 2 is 1.82 bits per heavy atom. The number of carbonyl (C=O) groups is 2. The van der Waals surface area contributed by atoms with Crippen LogP contribution in [0.25, 0.3) is 0 Å². The van der Waals surface area contributed by atoms with E-state index in [1.807, 2.05) is 27.7 Å². The van der Waals surface area contributed by atoms with Crippen LogP contribution in [0, 0.1) is 11.8 Å². The van der Waals surface area contributed by atoms with Crippen molar-refractivity contribution in [3.05, 3.63) is 29.3 Å². The first-order valence-electron chi connectivity index (χ1n) is 11.3. The molecule has 9 heteroatoms. The number of nitrogens with zero attached hydrogens (tertiary/aromatic N) is 1. The van der Waals surface area contributed by atoms with Crippen LogP contribution in [0.1, 0.15) is 69.3 Å². The number of rotatable bonds is 7. The van der Waals surface area contributed by atoms with Gasteiger partial charge in [-0.15, -0.1) is 0 Å². The molecule has 1 aromatic carbocycles. The summed E-state index contributed by atoms with van der Waals surface area (Å²) in [4.78, 5) is 26.3. The Labute approximate surface area is 192 Å². The molecule has 0 heterocycles. The largest absolute Gasteiger partial charge is 0.465 e. The van der Waals surface area contributed by atoms with Gasteiger partial charge < -0.3 is 19.7 Å². The molecule has 0 aliphatic heterocycles. The van der Waals surface area contributed by atoms with Gasteiger partial charge in [0, 0.05) is 24.3 Å². The Kier molecular flexibility index (Phi) is 7.19. The molecule has 184 valence electrons. The summed E-state index contributed by atoms with van der Waals surface area (Å²) in [6.07, 6.45) is -1.33. The molecule has 33 heavy (non-hydrogen) atoms. The van der Waals surface area contributed by atoms with Crippen molar-refractivity contribution in [3.8, 4) is 0 Å². The van der Waals surface area contributed by atoms with Gasteiger partial charge in [-0.2, -0.15) is 13.2 Å². The zero-order chi connectivity index (χ0) is 24.6. The van der Waals surface area contributed by atoms with Crippen LogP contribution in [0.3, 0.4) is 0 Å². The number of esters is 1. The van der Waals surface area contributed by atoms with Crippen molar-refractivity contribution >= 4 is 17.7 Å². The maximum absolute atomic E-state index is 13.5. The Morgan fingerprint density at radius 3 is 2.33 bits per heavy atom. The monoisotopic (exact) mass is 470 g/mol. The topological polar surface area (TPSA) is 67.9 Å². The number of anilines is 1. The second-order valence-electron chi connectivity index (χ2n) is 10.1. The summed E-state index contributed by atoms with van der Waals surface area (Å²) in [6, 6.07) is 2.92. The zero-order valence-electron chi connectivity index (χ0n) is 19.8. The molecule has 0 saturated heterocycles. The fraction of sp³-hybridized carbons (Fsp3) is 0.667. The van der Waals surface area contributed by atoms with E-state index in [1.54, 1.807) is 4.90 Å². The van der Waals surface area contributed by atoms with E-state index in [1.165, 1.54) is 13.2 Å². The minimum Gasteiger partial charge on any atom is -0.465 e. The van der Waals surface area contributed by atoms with E-state index >= 15 is 0 Å². The van der Waals surface area contributed by atoms with E-state index in [-0.39, 0.29) is 35.3 Å². The third kappa shape index (κ3) is 6.54. The lowest BCUT2D eigenvalue weighted by Crippen LogP contribution is -2.53. The van der Waals surface area contributed by atoms with Gasteiger partial charge >= 0.3 is 18.2 Å². The Morgan fingerprint density at radius 1 is 1.18 bits per heavy atom. The van der Waals surface area contributed by atoms with Gasteiger partial charge in [0.05, 0.1) is 18.2 Å². The summed E-state index contributed by atoms with van der Waals surface area (Å²) < 4.78 is 50.8. The second kappa shape index (κ2) is 9.43. The van der Waals surface area contributed by atoms with Gasteiger partial charge in [0.2, 0.25) is 0 Å². The number of halogens is 3. The molecule has 2 fully saturated rings. The van der Waals surface area contributed by atoms with Crippen molar-refractivity contribution in [1.82, 2.24) is 4.90 Å². The molecule has 0 unspecified atom stereocenters. The molecule has 3 rings (SSSR count). The van der Waals surface area contributed by atoms with Gasteiger partial charge in [-0.1, -0.05) is 0 Å². The van der Waals surface area contributed by atoms with Crippen LogP contribution < -0.4 is 5.32 Å². The summed E-state index contributed by atoms with van der Waals surface area (Å²) >= 11 is 0. The highest BCUT2D eigenvalue weighted by atomic mass is 19.4. The Balaban J connectivity index is 1.67. The van der Waals surface area contributed by atoms with E-state index < -0.39 is 23.3 Å². The lowest BCUT2D eigenvalue weighted by Gasteiger charge is -2.45. The van der Waals surface area contributed by atoms with Crippen LogP contribution in [-0.4, -0.2) is 48.3 Å². The van der Waals surface area contributed by atoms with Crippen LogP contribution in [0.2, 0.25) is 0 Å². The van der Waals surface area contributed by atoms with Crippen LogP contribution in [0.4, 0.5) is 23.7 Å². The fourth-order valence-electron chi connectivity index (χ4n) is 4.08. The van der Waals surface area contributed by atoms with Gasteiger partial charge in [0.1, 0.15) is 5.60 Å². The first-order valence-corrected chi connectivity index (χ1v) is 11.3. The van der Waals surface area contributed by atoms with Crippen molar-refractivity contribution in [2.45, 2.75) is 77.2 Å². The molecule has 1 aromatic rings. The number of ether oxygens (including phenoxy) is 2. The highest BCUT2D eigenvalue weighted by molar-refractivity contribution is 5.90. The molecule has 0 bridgehead atoms. The van der Waals surface area contributed by atoms with Gasteiger partial charge in [-0.25, -0.2) is 9.59 Å². The molecule has 2 aliphatic rings. The molecule has 0 aromatic heterocycles. The number of methoxy groups -OCH3 is 1. The van der Waals surface area contributed by atoms with Crippen molar-refractivity contribution in [2.24, 2.45) is 11.8 Å². The SMILES string of the molecule is COC(=O)c1ccc(C(F)(F)F)c(N[C@@H](C)C2CC(N(CC3CC3)C(=O)OC(C)(C)C)C2)c1. The van der Waals surface area contributed by atoms with Gasteiger partial charge in [-0.05, 0) is 83.4 Å². The van der Waals surface area contributed by atoms with Crippen molar-refractivity contribution in [1.29, 1.82) is 0 Å². The number of carbonyl (C=O) groups excluding carboxylic acids is 2. The number of amides is 1. The summed E-state index contributed by atoms with van der Waals surface area (Å²) in [5, 5.41) is 2.96. The average molecular weight is 471 g/mol. The minimum atomic E-state index is -4.56. The maximum atomic E-state index is 13.5. The third-order valence-corrected chi connectivity index (χ3v) is 6.21. The zero-order valence-corrected chi connectivity index (χ0v) is 19.8. The number of nitrogens with one attached hydrogen (secondary N) is 1. The molecule has 6 nitrogen and oxygen atoms in total. The fourth-order valence-corrected chi connectivity index (χ4v) is 4.08. The average Bonchev–Trinajstić information content (AvgIpc) is 3.47. The molecule has 2 saturated carbocycles. The van der Waals surface area contributed by atoms with Gasteiger partial charge in [-0.3, -0.25) is 0 Å². The molecule has 0 spiro atoms. The lowest BCUT2D eigenvalue weighted by atomic mass is 9.75. The lowest BCUT2D eigenvalue weighted by molar-refractivity contribution is -0.137. The Bertz CT molecular complexity index is 871. The minimum absolute atomic E-state index is 0.0122. The van der Waals surface area contributed by atoms with Gasteiger partial charge in [0.15, 0.2) is 0 Å². The van der Waals surface area contributed by atoms with Crippen LogP contribution >= 0.6 is 0 Å². The van der Waals surface area contributed by atoms with Gasteiger partial charge in [0.25, 0.3) is 0 Å². The van der Waals surface area contributed by atoms with E-state index in [2.05, 4.69) is 10.1 Å². The normalized spacial score (nSPS) is 21.6. The second-order valence-corrected chi connectivity index (χ2v) is 10.1. The summed E-state index contributed by atoms with van der Waals surface area (Å²) in [5.74, 6) is -0.110. The number of hydrogen-bond donors (Lipinski definition) is 1. The summed E-state index contributed by atoms with van der Waals surface area (Å²) in [5.41, 5.74) is -1.52. The summed E-state index contributed by atoms with van der Waals surface area (Å²) in [6.45, 7) is 7.97. The van der Waals surface area contributed by atoms with Crippen LogP contribution in [-0.2, 0) is 15.7 Å².